The standard InChI is InChI=1S/C49H76O37S/c1-13-2-4-14(5-3-13)87(70,71)72-12-21-42-28(62)35(69)49(79-21)85-41-20(11-55)77-47(33(67)26(41)60)83-39-18(9-53)75-45(31(65)24(39)58)81-37-16(7-51)73-43(29(63)22(37)56)80-36-15(6-50)74-44(30(64)23(36)57)82-38-17(8-52)76-46(32(66)25(38)59)84-40-19(10-54)78-48(86-42)34(68)27(40)61/h2-5,15-69H,6-12H2,1H3/t15-,16-,17-,18-,19-,20-,21-,22-,23-,24-,25-,26-,27-,28-,29-,30-,31-,32-,33-,34-,35-,36?,37?,38-,39?,40-,41-,42-,43+,44?,45+,46+,47+,48+,49+/m1/s1. The number of aliphatic hydroxyl groups excluding tert-OH is 20. The summed E-state index contributed by atoms with van der Waals surface area (Å²) in [6, 6.07) is 5.26. The molecule has 4 unspecified atom stereocenters. The molecule has 0 spiro atoms. The molecule has 21 fully saturated rings. The highest BCUT2D eigenvalue weighted by atomic mass is 32.2. The summed E-state index contributed by atoms with van der Waals surface area (Å²) in [5, 5.41) is 223. The third-order valence-electron chi connectivity index (χ3n) is 16.3. The van der Waals surface area contributed by atoms with Crippen molar-refractivity contribution in [2.45, 2.75) is 227 Å². The molecule has 87 heavy (non-hydrogen) atoms. The summed E-state index contributed by atoms with van der Waals surface area (Å²) in [6.45, 7) is -6.01. The lowest BCUT2D eigenvalue weighted by Crippen LogP contribution is -2.68. The second-order valence-electron chi connectivity index (χ2n) is 22.0. The summed E-state index contributed by atoms with van der Waals surface area (Å²) >= 11 is 0. The smallest absolute Gasteiger partial charge is 0.297 e. The lowest BCUT2D eigenvalue weighted by atomic mass is 9.95. The van der Waals surface area contributed by atoms with Gasteiger partial charge in [0.1, 0.15) is 171 Å². The van der Waals surface area contributed by atoms with E-state index in [9.17, 15) is 111 Å². The molecule has 0 aliphatic carbocycles. The number of hydrogen-bond donors (Lipinski definition) is 20. The predicted molar refractivity (Wildman–Crippen MR) is 266 cm³/mol. The van der Waals surface area contributed by atoms with Crippen molar-refractivity contribution in [1.82, 2.24) is 0 Å². The van der Waals surface area contributed by atoms with Gasteiger partial charge in [0.15, 0.2) is 44.0 Å². The Labute approximate surface area is 492 Å². The Morgan fingerprint density at radius 1 is 0.299 bits per heavy atom. The van der Waals surface area contributed by atoms with Crippen LogP contribution in [0.25, 0.3) is 0 Å². The van der Waals surface area contributed by atoms with E-state index in [0.29, 0.717) is 5.56 Å². The molecule has 14 bridgehead atoms. The van der Waals surface area contributed by atoms with Crippen LogP contribution in [0.3, 0.4) is 0 Å². The van der Waals surface area contributed by atoms with Gasteiger partial charge in [-0.15, -0.1) is 0 Å². The minimum Gasteiger partial charge on any atom is -0.394 e. The number of aryl methyl sites for hydroxylation is 1. The van der Waals surface area contributed by atoms with Gasteiger partial charge in [0, 0.05) is 0 Å². The van der Waals surface area contributed by atoms with E-state index >= 15 is 0 Å². The van der Waals surface area contributed by atoms with Gasteiger partial charge in [-0.2, -0.15) is 8.42 Å². The Balaban J connectivity index is 1.02. The van der Waals surface area contributed by atoms with Crippen LogP contribution in [-0.4, -0.2) is 372 Å². The zero-order valence-electron chi connectivity index (χ0n) is 45.8. The van der Waals surface area contributed by atoms with Crippen molar-refractivity contribution in [3.05, 3.63) is 29.8 Å². The van der Waals surface area contributed by atoms with Crippen LogP contribution in [0.1, 0.15) is 5.56 Å². The van der Waals surface area contributed by atoms with Gasteiger partial charge in [-0.3, -0.25) is 4.18 Å². The van der Waals surface area contributed by atoms with Gasteiger partial charge in [-0.1, -0.05) is 17.7 Å². The van der Waals surface area contributed by atoms with Gasteiger partial charge in [0.05, 0.1) is 51.1 Å². The van der Waals surface area contributed by atoms with Gasteiger partial charge in [0.25, 0.3) is 10.1 Å². The molecule has 38 heteroatoms. The second-order valence-corrected chi connectivity index (χ2v) is 23.6. The Bertz CT molecular complexity index is 2420. The van der Waals surface area contributed by atoms with E-state index in [1.165, 1.54) is 24.3 Å². The van der Waals surface area contributed by atoms with Gasteiger partial charge < -0.3 is 168 Å². The van der Waals surface area contributed by atoms with Crippen LogP contribution in [0, 0.1) is 6.92 Å². The molecular weight excluding hydrogens is 1210 g/mol. The number of benzene rings is 1. The van der Waals surface area contributed by atoms with Gasteiger partial charge in [0.2, 0.25) is 0 Å². The van der Waals surface area contributed by atoms with Crippen LogP contribution in [0.5, 0.6) is 0 Å². The Kier molecular flexibility index (Phi) is 23.0. The van der Waals surface area contributed by atoms with E-state index in [0.717, 1.165) is 0 Å². The number of aliphatic hydroxyl groups is 20. The predicted octanol–water partition coefficient (Wildman–Crippen LogP) is -13.5. The summed E-state index contributed by atoms with van der Waals surface area (Å²) in [6.07, 6.45) is -72.9. The molecule has 0 radical (unpaired) electrons. The molecule has 21 aliphatic rings. The summed E-state index contributed by atoms with van der Waals surface area (Å²) in [5.41, 5.74) is 0.657. The van der Waals surface area contributed by atoms with Crippen molar-refractivity contribution >= 4 is 10.1 Å². The lowest BCUT2D eigenvalue weighted by molar-refractivity contribution is -0.396. The molecule has 22 rings (SSSR count). The summed E-state index contributed by atoms with van der Waals surface area (Å²) in [5.74, 6) is 0. The van der Waals surface area contributed by atoms with E-state index in [1.54, 1.807) is 6.92 Å². The van der Waals surface area contributed by atoms with Crippen molar-refractivity contribution in [2.75, 3.05) is 46.2 Å². The van der Waals surface area contributed by atoms with Crippen molar-refractivity contribution in [3.63, 3.8) is 0 Å². The fourth-order valence-corrected chi connectivity index (χ4v) is 12.3. The molecule has 21 aliphatic heterocycles. The molecule has 37 nitrogen and oxygen atoms in total. The maximum absolute atomic E-state index is 13.5. The van der Waals surface area contributed by atoms with Crippen molar-refractivity contribution in [1.29, 1.82) is 0 Å². The van der Waals surface area contributed by atoms with E-state index in [2.05, 4.69) is 0 Å². The minimum absolute atomic E-state index is 0.376. The van der Waals surface area contributed by atoms with Crippen LogP contribution < -0.4 is 0 Å². The maximum Gasteiger partial charge on any atom is 0.297 e. The first-order valence-electron chi connectivity index (χ1n) is 27.6. The Morgan fingerprint density at radius 2 is 0.483 bits per heavy atom. The minimum atomic E-state index is -4.72. The monoisotopic (exact) mass is 1290 g/mol. The van der Waals surface area contributed by atoms with Crippen molar-refractivity contribution in [3.8, 4) is 0 Å². The first-order valence-corrected chi connectivity index (χ1v) is 29.0. The van der Waals surface area contributed by atoms with Crippen LogP contribution in [-0.2, 0) is 80.6 Å². The van der Waals surface area contributed by atoms with Crippen molar-refractivity contribution < 1.29 is 181 Å². The van der Waals surface area contributed by atoms with Crippen LogP contribution in [0.15, 0.2) is 29.2 Å². The highest BCUT2D eigenvalue weighted by molar-refractivity contribution is 7.86. The molecule has 35 atom stereocenters. The molecule has 0 aromatic heterocycles. The van der Waals surface area contributed by atoms with Crippen LogP contribution >= 0.6 is 0 Å². The van der Waals surface area contributed by atoms with Crippen LogP contribution in [0.4, 0.5) is 0 Å². The Hall–Kier alpha value is -2.23. The van der Waals surface area contributed by atoms with E-state index in [-0.39, 0.29) is 4.90 Å². The zero-order chi connectivity index (χ0) is 63.2. The van der Waals surface area contributed by atoms with E-state index in [4.69, 9.17) is 70.5 Å². The average molecular weight is 1290 g/mol. The summed E-state index contributed by atoms with van der Waals surface area (Å²) < 4.78 is 113. The van der Waals surface area contributed by atoms with Gasteiger partial charge >= 0.3 is 0 Å². The summed E-state index contributed by atoms with van der Waals surface area (Å²) in [4.78, 5) is -0.376. The SMILES string of the molecule is Cc1ccc(S(=O)(=O)OC[C@H]2O[C@H]3O[C@H]4[C@H](O)[C@@H](O)[C@H](OC5[C@@H](CO)O[C@@H](OC6[C@@H](CO)O[C@@H](OC7[C@@H](CO)OC(O[C@H]8[C@H](O)[C@@H](O)[C@H](O[C@H]9[C@H](O)[C@@H](O)[C@H](O[C@H]2[C@H](O)[C@H]3O)O[C@@H]9CO)O[C@@H]8CO)[C@H](O)[C@H]7O)[C@H](O)[C@H]6O)[C@H](O)[C@H]5O)O[C@@H]4CO)cc1. The highest BCUT2D eigenvalue weighted by Crippen LogP contribution is 2.39. The third-order valence-corrected chi connectivity index (χ3v) is 17.6. The zero-order valence-corrected chi connectivity index (χ0v) is 46.6. The second kappa shape index (κ2) is 29.0. The largest absolute Gasteiger partial charge is 0.394 e. The molecule has 500 valence electrons. The van der Waals surface area contributed by atoms with Gasteiger partial charge in [-0.05, 0) is 19.1 Å². The van der Waals surface area contributed by atoms with Gasteiger partial charge in [-0.25, -0.2) is 0 Å². The van der Waals surface area contributed by atoms with E-state index < -0.39 is 271 Å². The number of ether oxygens (including phenoxy) is 14. The fraction of sp³-hybridized carbons (Fsp3) is 0.878. The summed E-state index contributed by atoms with van der Waals surface area (Å²) in [7, 11) is -4.72. The van der Waals surface area contributed by atoms with Crippen LogP contribution in [0.2, 0.25) is 0 Å². The first kappa shape index (κ1) is 69.1. The molecule has 0 amide bonds. The lowest BCUT2D eigenvalue weighted by Gasteiger charge is -2.50. The highest BCUT2D eigenvalue weighted by Gasteiger charge is 2.60. The molecule has 21 saturated heterocycles. The molecular formula is C49H76O37S. The quantitative estimate of drug-likeness (QED) is 0.0967. The normalized spacial score (nSPS) is 50.5. The first-order chi connectivity index (χ1) is 41.3. The number of hydrogen-bond acceptors (Lipinski definition) is 37. The van der Waals surface area contributed by atoms with E-state index in [1.807, 2.05) is 0 Å². The third kappa shape index (κ3) is 14.0. The van der Waals surface area contributed by atoms with Crippen molar-refractivity contribution in [2.24, 2.45) is 0 Å². The molecule has 21 heterocycles. The Morgan fingerprint density at radius 3 is 0.678 bits per heavy atom. The molecule has 0 saturated carbocycles. The number of rotatable bonds is 10. The fourth-order valence-electron chi connectivity index (χ4n) is 11.3. The molecule has 1 aromatic rings. The topological polar surface area (TPSA) is 577 Å². The maximum atomic E-state index is 13.5. The molecule has 1 aromatic carbocycles. The molecule has 20 N–H and O–H groups in total. The average Bonchev–Trinajstić information content (AvgIpc) is 1.14.